The molecule has 1 aromatic heterocycles. The summed E-state index contributed by atoms with van der Waals surface area (Å²) in [6.07, 6.45) is 8.23. The number of fused-ring (bicyclic) bond motifs is 1. The molecule has 21 heavy (non-hydrogen) atoms. The first-order chi connectivity index (χ1) is 9.31. The number of hydrogen-bond acceptors (Lipinski definition) is 3. The number of nitrogens with one attached hydrogen (secondary N) is 2. The van der Waals surface area contributed by atoms with Crippen LogP contribution in [0.5, 0.6) is 0 Å². The van der Waals surface area contributed by atoms with Crippen LogP contribution >= 0.6 is 24.8 Å². The third-order valence-corrected chi connectivity index (χ3v) is 4.67. The van der Waals surface area contributed by atoms with Crippen molar-refractivity contribution in [2.45, 2.75) is 32.2 Å². The Bertz CT molecular complexity index is 457. The molecule has 1 aliphatic heterocycles. The standard InChI is InChI=1S/C15H21N3O.2ClH/c19-14(18-9-12-4-3-7-16-8-12)15-6-2-1-5-13(15)10-17-11-15;;/h3-4,7-8,13,17H,1-2,5-6,9-11H2,(H,18,19);2*1H/t13-,15+;;/m0../s1. The molecular weight excluding hydrogens is 309 g/mol. The summed E-state index contributed by atoms with van der Waals surface area (Å²) in [4.78, 5) is 16.7. The molecule has 2 atom stereocenters. The number of aromatic nitrogens is 1. The van der Waals surface area contributed by atoms with E-state index in [-0.39, 0.29) is 36.1 Å². The second-order valence-electron chi connectivity index (χ2n) is 5.77. The van der Waals surface area contributed by atoms with Gasteiger partial charge in [0, 0.05) is 25.5 Å². The van der Waals surface area contributed by atoms with E-state index >= 15 is 0 Å². The fraction of sp³-hybridized carbons (Fsp3) is 0.600. The molecule has 1 saturated heterocycles. The summed E-state index contributed by atoms with van der Waals surface area (Å²) in [5, 5.41) is 6.52. The third-order valence-electron chi connectivity index (χ3n) is 4.67. The van der Waals surface area contributed by atoms with Gasteiger partial charge in [-0.3, -0.25) is 9.78 Å². The summed E-state index contributed by atoms with van der Waals surface area (Å²) < 4.78 is 0. The predicted octanol–water partition coefficient (Wildman–Crippen LogP) is 2.32. The highest BCUT2D eigenvalue weighted by Gasteiger charge is 2.49. The van der Waals surface area contributed by atoms with Gasteiger partial charge in [-0.1, -0.05) is 18.9 Å². The van der Waals surface area contributed by atoms with Crippen LogP contribution in [0.2, 0.25) is 0 Å². The van der Waals surface area contributed by atoms with E-state index in [1.54, 1.807) is 6.20 Å². The smallest absolute Gasteiger partial charge is 0.228 e. The Hall–Kier alpha value is -0.840. The average molecular weight is 332 g/mol. The van der Waals surface area contributed by atoms with Crippen molar-refractivity contribution in [1.29, 1.82) is 0 Å². The van der Waals surface area contributed by atoms with Crippen molar-refractivity contribution in [3.63, 3.8) is 0 Å². The Morgan fingerprint density at radius 3 is 3.05 bits per heavy atom. The van der Waals surface area contributed by atoms with Gasteiger partial charge in [0.2, 0.25) is 5.91 Å². The predicted molar refractivity (Wildman–Crippen MR) is 87.8 cm³/mol. The minimum absolute atomic E-state index is 0. The Morgan fingerprint density at radius 2 is 2.29 bits per heavy atom. The molecule has 2 N–H and O–H groups in total. The van der Waals surface area contributed by atoms with Crippen molar-refractivity contribution in [2.24, 2.45) is 11.3 Å². The minimum Gasteiger partial charge on any atom is -0.351 e. The number of carbonyl (C=O) groups is 1. The van der Waals surface area contributed by atoms with Crippen molar-refractivity contribution in [3.8, 4) is 0 Å². The summed E-state index contributed by atoms with van der Waals surface area (Å²) in [6.45, 7) is 2.43. The Labute approximate surface area is 138 Å². The van der Waals surface area contributed by atoms with E-state index in [9.17, 15) is 4.79 Å². The number of pyridine rings is 1. The molecule has 6 heteroatoms. The maximum absolute atomic E-state index is 12.6. The first-order valence-corrected chi connectivity index (χ1v) is 7.19. The van der Waals surface area contributed by atoms with Gasteiger partial charge in [0.15, 0.2) is 0 Å². The first kappa shape index (κ1) is 18.2. The van der Waals surface area contributed by atoms with Crippen molar-refractivity contribution in [2.75, 3.05) is 13.1 Å². The molecule has 3 rings (SSSR count). The van der Waals surface area contributed by atoms with Crippen LogP contribution in [0.25, 0.3) is 0 Å². The summed E-state index contributed by atoms with van der Waals surface area (Å²) in [6, 6.07) is 3.90. The number of hydrogen-bond donors (Lipinski definition) is 2. The molecule has 0 spiro atoms. The molecule has 1 aliphatic carbocycles. The normalized spacial score (nSPS) is 27.0. The first-order valence-electron chi connectivity index (χ1n) is 7.19. The second-order valence-corrected chi connectivity index (χ2v) is 5.77. The van der Waals surface area contributed by atoms with Crippen LogP contribution in [0.4, 0.5) is 0 Å². The monoisotopic (exact) mass is 331 g/mol. The average Bonchev–Trinajstić information content (AvgIpc) is 2.91. The van der Waals surface area contributed by atoms with Gasteiger partial charge in [-0.05, 0) is 36.9 Å². The maximum atomic E-state index is 12.6. The number of halogens is 2. The molecule has 4 nitrogen and oxygen atoms in total. The number of rotatable bonds is 3. The van der Waals surface area contributed by atoms with Crippen LogP contribution < -0.4 is 10.6 Å². The van der Waals surface area contributed by atoms with Gasteiger partial charge >= 0.3 is 0 Å². The van der Waals surface area contributed by atoms with Crippen LogP contribution in [0.1, 0.15) is 31.2 Å². The van der Waals surface area contributed by atoms with Crippen molar-refractivity contribution >= 4 is 30.7 Å². The van der Waals surface area contributed by atoms with E-state index in [4.69, 9.17) is 0 Å². The molecule has 0 radical (unpaired) electrons. The number of carbonyl (C=O) groups excluding carboxylic acids is 1. The zero-order valence-corrected chi connectivity index (χ0v) is 13.6. The summed E-state index contributed by atoms with van der Waals surface area (Å²) in [7, 11) is 0. The molecule has 1 saturated carbocycles. The molecule has 0 unspecified atom stereocenters. The van der Waals surface area contributed by atoms with Gasteiger partial charge in [-0.15, -0.1) is 24.8 Å². The maximum Gasteiger partial charge on any atom is 0.228 e. The lowest BCUT2D eigenvalue weighted by Crippen LogP contribution is -2.47. The van der Waals surface area contributed by atoms with Gasteiger partial charge in [-0.25, -0.2) is 0 Å². The van der Waals surface area contributed by atoms with Crippen LogP contribution in [-0.2, 0) is 11.3 Å². The summed E-state index contributed by atoms with van der Waals surface area (Å²) >= 11 is 0. The van der Waals surface area contributed by atoms with Crippen LogP contribution in [0, 0.1) is 11.3 Å². The van der Waals surface area contributed by atoms with Crippen LogP contribution in [0.15, 0.2) is 24.5 Å². The largest absolute Gasteiger partial charge is 0.351 e. The van der Waals surface area contributed by atoms with Gasteiger partial charge < -0.3 is 10.6 Å². The zero-order chi connectivity index (χ0) is 13.1. The molecule has 0 bridgehead atoms. The van der Waals surface area contributed by atoms with E-state index < -0.39 is 0 Å². The molecule has 1 amide bonds. The van der Waals surface area contributed by atoms with Gasteiger partial charge in [-0.2, -0.15) is 0 Å². The van der Waals surface area contributed by atoms with E-state index in [2.05, 4.69) is 15.6 Å². The molecule has 2 heterocycles. The minimum atomic E-state index is -0.152. The summed E-state index contributed by atoms with van der Waals surface area (Å²) in [5.74, 6) is 0.751. The highest BCUT2D eigenvalue weighted by Crippen LogP contribution is 2.43. The van der Waals surface area contributed by atoms with E-state index in [0.29, 0.717) is 12.5 Å². The lowest BCUT2D eigenvalue weighted by molar-refractivity contribution is -0.134. The topological polar surface area (TPSA) is 54.0 Å². The SMILES string of the molecule is Cl.Cl.O=C(NCc1cccnc1)[C@@]12CCCC[C@H]1CNC2. The summed E-state index contributed by atoms with van der Waals surface area (Å²) in [5.41, 5.74) is 0.908. The Kier molecular flexibility index (Phi) is 6.91. The van der Waals surface area contributed by atoms with Gasteiger partial charge in [0.1, 0.15) is 0 Å². The van der Waals surface area contributed by atoms with E-state index in [1.165, 1.54) is 19.3 Å². The molecule has 2 aliphatic rings. The van der Waals surface area contributed by atoms with Crippen molar-refractivity contribution in [1.82, 2.24) is 15.6 Å². The quantitative estimate of drug-likeness (QED) is 0.893. The van der Waals surface area contributed by atoms with E-state index in [0.717, 1.165) is 25.1 Å². The zero-order valence-electron chi connectivity index (χ0n) is 12.0. The third kappa shape index (κ3) is 3.68. The van der Waals surface area contributed by atoms with Crippen molar-refractivity contribution in [3.05, 3.63) is 30.1 Å². The molecule has 2 fully saturated rings. The highest BCUT2D eigenvalue weighted by atomic mass is 35.5. The van der Waals surface area contributed by atoms with Crippen LogP contribution in [0.3, 0.4) is 0 Å². The second kappa shape index (κ2) is 7.97. The fourth-order valence-electron chi connectivity index (χ4n) is 3.55. The highest BCUT2D eigenvalue weighted by molar-refractivity contribution is 5.85. The lowest BCUT2D eigenvalue weighted by Gasteiger charge is -2.37. The van der Waals surface area contributed by atoms with Crippen LogP contribution in [-0.4, -0.2) is 24.0 Å². The van der Waals surface area contributed by atoms with Gasteiger partial charge in [0.05, 0.1) is 5.41 Å². The Morgan fingerprint density at radius 1 is 1.43 bits per heavy atom. The van der Waals surface area contributed by atoms with Crippen molar-refractivity contribution < 1.29 is 4.79 Å². The molecule has 0 aromatic carbocycles. The Balaban J connectivity index is 0.00000110. The fourth-order valence-corrected chi connectivity index (χ4v) is 3.55. The molecule has 1 aromatic rings. The number of nitrogens with zero attached hydrogens (tertiary/aromatic N) is 1. The lowest BCUT2D eigenvalue weighted by atomic mass is 9.67. The van der Waals surface area contributed by atoms with Gasteiger partial charge in [0.25, 0.3) is 0 Å². The molecular formula is C15H23Cl2N3O. The van der Waals surface area contributed by atoms with E-state index in [1.807, 2.05) is 18.3 Å². The molecule has 118 valence electrons. The number of amides is 1.